The molecule has 10 atom stereocenters. The zero-order valence-corrected chi connectivity index (χ0v) is 42.9. The van der Waals surface area contributed by atoms with Crippen LogP contribution in [0.25, 0.3) is 0 Å². The standard InChI is InChI=1S/C28H43NO4.C27H42N2O4.CH2O2/c1-18-11-9-7-5-4-6-8-10-12-20(26(32)23(31)15-19-13-14-19)16-22(30)25-24-21(28(24,2)3)17-29(25)27(18)33;1-27(2)19-16-29-24(23(19)27)21(30)15-18(25(32)22(31)14-17-12-13-17)10-8-6-4-3-5-7-9-11-20(28)26(29)33;2-1-3/h18-21,24-25H,4-17H2,1-3H3;17-20,23-24H,3-16,28H2,1-2H3;1H,(H,2,3)/t18-,20+,21-,24-,25+;18-,19+,20+,23+,24-;/m01./s1. The first-order valence-corrected chi connectivity index (χ1v) is 27.5. The normalized spacial score (nSPS) is 34.2. The maximum absolute atomic E-state index is 13.7. The lowest BCUT2D eigenvalue weighted by molar-refractivity contribution is -0.144. The van der Waals surface area contributed by atoms with Crippen LogP contribution in [0.4, 0.5) is 0 Å². The van der Waals surface area contributed by atoms with Crippen molar-refractivity contribution in [1.29, 1.82) is 0 Å². The highest BCUT2D eigenvalue weighted by molar-refractivity contribution is 6.38. The number of hydrogen-bond acceptors (Lipinski definition) is 10. The van der Waals surface area contributed by atoms with Gasteiger partial charge in [0.05, 0.1) is 18.1 Å². The molecule has 0 radical (unpaired) electrons. The van der Waals surface area contributed by atoms with Crippen LogP contribution >= 0.6 is 0 Å². The van der Waals surface area contributed by atoms with Crippen molar-refractivity contribution in [3.63, 3.8) is 0 Å². The largest absolute Gasteiger partial charge is 0.483 e. The molecule has 0 aromatic rings. The minimum atomic E-state index is -0.564. The highest BCUT2D eigenvalue weighted by Gasteiger charge is 2.70. The van der Waals surface area contributed by atoms with Gasteiger partial charge in [0.25, 0.3) is 6.47 Å². The van der Waals surface area contributed by atoms with E-state index in [0.717, 1.165) is 109 Å². The third kappa shape index (κ3) is 13.9. The molecular formula is C56H87N3O10. The van der Waals surface area contributed by atoms with Crippen molar-refractivity contribution in [3.8, 4) is 0 Å². The van der Waals surface area contributed by atoms with E-state index in [2.05, 4.69) is 27.7 Å². The van der Waals surface area contributed by atoms with Gasteiger partial charge in [0, 0.05) is 56.5 Å². The fourth-order valence-electron chi connectivity index (χ4n) is 13.1. The second-order valence-corrected chi connectivity index (χ2v) is 24.1. The molecule has 4 saturated carbocycles. The van der Waals surface area contributed by atoms with Gasteiger partial charge >= 0.3 is 0 Å². The van der Waals surface area contributed by atoms with E-state index in [-0.39, 0.29) is 94.4 Å². The number of carbonyl (C=O) groups excluding carboxylic acids is 8. The smallest absolute Gasteiger partial charge is 0.290 e. The molecule has 8 aliphatic rings. The van der Waals surface area contributed by atoms with Gasteiger partial charge in [0.1, 0.15) is 0 Å². The second kappa shape index (κ2) is 24.2. The molecule has 2 amide bonds. The average Bonchev–Trinajstić information content (AvgIpc) is 4.29. The van der Waals surface area contributed by atoms with Crippen LogP contribution in [0.1, 0.15) is 202 Å². The summed E-state index contributed by atoms with van der Waals surface area (Å²) >= 11 is 0. The van der Waals surface area contributed by atoms with Gasteiger partial charge in [0.2, 0.25) is 23.4 Å². The van der Waals surface area contributed by atoms with E-state index in [4.69, 9.17) is 15.6 Å². The third-order valence-corrected chi connectivity index (χ3v) is 18.2. The maximum atomic E-state index is 13.7. The Morgan fingerprint density at radius 1 is 0.551 bits per heavy atom. The van der Waals surface area contributed by atoms with Crippen molar-refractivity contribution in [3.05, 3.63) is 0 Å². The van der Waals surface area contributed by atoms with E-state index in [0.29, 0.717) is 68.9 Å². The lowest BCUT2D eigenvalue weighted by atomic mass is 9.85. The molecule has 69 heavy (non-hydrogen) atoms. The van der Waals surface area contributed by atoms with Crippen LogP contribution in [0.5, 0.6) is 0 Å². The molecule has 8 rings (SSSR count). The summed E-state index contributed by atoms with van der Waals surface area (Å²) in [6.07, 6.45) is 22.7. The molecule has 4 saturated heterocycles. The second-order valence-electron chi connectivity index (χ2n) is 24.1. The number of carbonyl (C=O) groups is 9. The molecule has 0 aromatic carbocycles. The average molecular weight is 962 g/mol. The molecule has 386 valence electrons. The number of carboxylic acid groups (broad SMARTS) is 1. The van der Waals surface area contributed by atoms with Gasteiger partial charge in [-0.2, -0.15) is 0 Å². The first-order valence-electron chi connectivity index (χ1n) is 27.5. The molecule has 3 N–H and O–H groups in total. The minimum Gasteiger partial charge on any atom is -0.483 e. The van der Waals surface area contributed by atoms with Crippen molar-refractivity contribution in [2.45, 2.75) is 220 Å². The number of nitrogens with zero attached hydrogens (tertiary/aromatic N) is 2. The molecule has 13 nitrogen and oxygen atoms in total. The Labute approximate surface area is 412 Å². The molecule has 0 aromatic heterocycles. The minimum absolute atomic E-state index is 0.0123. The van der Waals surface area contributed by atoms with Gasteiger partial charge in [0.15, 0.2) is 23.1 Å². The van der Waals surface area contributed by atoms with Gasteiger partial charge in [-0.25, -0.2) is 0 Å². The van der Waals surface area contributed by atoms with E-state index in [9.17, 15) is 38.4 Å². The van der Waals surface area contributed by atoms with Gasteiger partial charge in [-0.3, -0.25) is 43.2 Å². The van der Waals surface area contributed by atoms with Crippen molar-refractivity contribution in [2.75, 3.05) is 13.1 Å². The predicted molar refractivity (Wildman–Crippen MR) is 262 cm³/mol. The highest BCUT2D eigenvalue weighted by atomic mass is 16.3. The topological polar surface area (TPSA) is 206 Å². The maximum Gasteiger partial charge on any atom is 0.290 e. The van der Waals surface area contributed by atoms with Gasteiger partial charge in [-0.15, -0.1) is 0 Å². The van der Waals surface area contributed by atoms with Gasteiger partial charge < -0.3 is 20.6 Å². The first kappa shape index (κ1) is 54.7. The van der Waals surface area contributed by atoms with Crippen LogP contribution in [0, 0.1) is 64.1 Å². The van der Waals surface area contributed by atoms with Crippen molar-refractivity contribution < 1.29 is 48.3 Å². The zero-order valence-electron chi connectivity index (χ0n) is 42.9. The van der Waals surface area contributed by atoms with E-state index in [1.54, 1.807) is 4.90 Å². The Hall–Kier alpha value is -3.61. The molecule has 4 heterocycles. The summed E-state index contributed by atoms with van der Waals surface area (Å²) in [4.78, 5) is 117. The molecule has 0 unspecified atom stereocenters. The SMILES string of the molecule is CC1(C)[C@@H]2[C@H]3C(=O)C[C@H](C(=O)C(=O)CC4CC4)CCCCCCCCC[C@H](N)C(=O)N3C[C@@H]21.C[C@H]1CCCCCCCCC[C@@H](C(=O)C(=O)CC2CC2)CC(=O)[C@@H]2[C@@H]3[C@H](CN2C1=O)C3(C)C.O=CO. The Balaban J connectivity index is 0.000000215. The van der Waals surface area contributed by atoms with Crippen molar-refractivity contribution in [2.24, 2.45) is 69.8 Å². The monoisotopic (exact) mass is 962 g/mol. The Morgan fingerprint density at radius 2 is 0.884 bits per heavy atom. The summed E-state index contributed by atoms with van der Waals surface area (Å²) in [5, 5.41) is 6.89. The number of nitrogens with two attached hydrogens (primary N) is 1. The fourth-order valence-corrected chi connectivity index (χ4v) is 13.1. The van der Waals surface area contributed by atoms with Crippen LogP contribution in [-0.4, -0.2) is 99.1 Å². The summed E-state index contributed by atoms with van der Waals surface area (Å²) in [7, 11) is 0. The molecular weight excluding hydrogens is 875 g/mol. The number of Topliss-reactive ketones (excluding diaryl/α,β-unsaturated/α-hetero) is 6. The predicted octanol–water partition coefficient (Wildman–Crippen LogP) is 8.68. The number of rotatable bonds is 8. The Bertz CT molecular complexity index is 1760. The number of hydrogen-bond donors (Lipinski definition) is 2. The lowest BCUT2D eigenvalue weighted by Crippen LogP contribution is -2.52. The molecule has 0 spiro atoms. The van der Waals surface area contributed by atoms with E-state index >= 15 is 0 Å². The molecule has 4 aliphatic carbocycles. The molecule has 13 heteroatoms. The van der Waals surface area contributed by atoms with Gasteiger partial charge in [-0.05, 0) is 97.7 Å². The molecule has 8 fully saturated rings. The fraction of sp³-hybridized carbons (Fsp3) is 0.839. The molecule has 0 bridgehead atoms. The number of amides is 2. The number of piperidine rings is 2. The van der Waals surface area contributed by atoms with Crippen LogP contribution < -0.4 is 5.73 Å². The summed E-state index contributed by atoms with van der Waals surface area (Å²) in [5.74, 6) is -0.644. The van der Waals surface area contributed by atoms with Crippen molar-refractivity contribution >= 4 is 53.0 Å². The quantitative estimate of drug-likeness (QED) is 0.174. The van der Waals surface area contributed by atoms with Crippen molar-refractivity contribution in [1.82, 2.24) is 9.80 Å². The van der Waals surface area contributed by atoms with Crippen LogP contribution in [0.2, 0.25) is 0 Å². The lowest BCUT2D eigenvalue weighted by Gasteiger charge is -2.32. The van der Waals surface area contributed by atoms with Gasteiger partial charge in [-0.1, -0.05) is 125 Å². The third-order valence-electron chi connectivity index (χ3n) is 18.2. The van der Waals surface area contributed by atoms with Crippen LogP contribution in [0.15, 0.2) is 0 Å². The summed E-state index contributed by atoms with van der Waals surface area (Å²) in [6.45, 7) is 11.7. The Morgan fingerprint density at radius 3 is 1.26 bits per heavy atom. The summed E-state index contributed by atoms with van der Waals surface area (Å²) in [5.41, 5.74) is 6.38. The molecule has 4 aliphatic heterocycles. The van der Waals surface area contributed by atoms with E-state index < -0.39 is 30.0 Å². The first-order chi connectivity index (χ1) is 32.8. The number of ketones is 6. The van der Waals surface area contributed by atoms with Crippen LogP contribution in [0.3, 0.4) is 0 Å². The van der Waals surface area contributed by atoms with Crippen LogP contribution in [-0.2, 0) is 43.2 Å². The van der Waals surface area contributed by atoms with E-state index in [1.165, 1.54) is 12.8 Å². The Kier molecular flexibility index (Phi) is 19.2. The zero-order chi connectivity index (χ0) is 50.2. The number of fused-ring (bicyclic) bond motifs is 6. The van der Waals surface area contributed by atoms with E-state index in [1.807, 2.05) is 11.8 Å². The summed E-state index contributed by atoms with van der Waals surface area (Å²) < 4.78 is 0. The highest BCUT2D eigenvalue weighted by Crippen LogP contribution is 2.66. The summed E-state index contributed by atoms with van der Waals surface area (Å²) in [6, 6.07) is -1.47.